The van der Waals surface area contributed by atoms with Crippen LogP contribution in [0.5, 0.6) is 5.75 Å². The molecule has 1 aromatic heterocycles. The van der Waals surface area contributed by atoms with Crippen molar-refractivity contribution < 1.29 is 23.1 Å². The van der Waals surface area contributed by atoms with Gasteiger partial charge in [0.1, 0.15) is 11.8 Å². The lowest BCUT2D eigenvalue weighted by atomic mass is 10.1. The van der Waals surface area contributed by atoms with Crippen molar-refractivity contribution in [2.75, 3.05) is 6.54 Å². The van der Waals surface area contributed by atoms with E-state index in [-0.39, 0.29) is 17.6 Å². The van der Waals surface area contributed by atoms with E-state index in [4.69, 9.17) is 0 Å². The highest BCUT2D eigenvalue weighted by molar-refractivity contribution is 7.12. The van der Waals surface area contributed by atoms with Crippen LogP contribution in [0.3, 0.4) is 0 Å². The number of halogens is 2. The maximum atomic E-state index is 12.1. The monoisotopic (exact) mass is 368 g/mol. The lowest BCUT2D eigenvalue weighted by molar-refractivity contribution is -0.122. The van der Waals surface area contributed by atoms with Crippen LogP contribution in [-0.2, 0) is 11.2 Å². The molecule has 0 saturated carbocycles. The molecule has 134 valence electrons. The van der Waals surface area contributed by atoms with Gasteiger partial charge in [0.2, 0.25) is 5.91 Å². The van der Waals surface area contributed by atoms with Gasteiger partial charge in [-0.3, -0.25) is 9.59 Å². The zero-order valence-electron chi connectivity index (χ0n) is 13.5. The number of hydrogen-bond donors (Lipinski definition) is 2. The van der Waals surface area contributed by atoms with Crippen LogP contribution in [-0.4, -0.2) is 31.0 Å². The number of rotatable bonds is 8. The first-order chi connectivity index (χ1) is 12.0. The summed E-state index contributed by atoms with van der Waals surface area (Å²) >= 11 is 1.30. The van der Waals surface area contributed by atoms with Crippen molar-refractivity contribution >= 4 is 23.2 Å². The number of thiophene rings is 1. The summed E-state index contributed by atoms with van der Waals surface area (Å²) in [7, 11) is 0. The molecule has 1 heterocycles. The SMILES string of the molecule is CC(NC(=O)c1cccs1)C(=O)NCCc1ccc(OC(F)F)cc1. The Labute approximate surface area is 148 Å². The van der Waals surface area contributed by atoms with Crippen LogP contribution < -0.4 is 15.4 Å². The van der Waals surface area contributed by atoms with Crippen molar-refractivity contribution in [3.05, 3.63) is 52.2 Å². The summed E-state index contributed by atoms with van der Waals surface area (Å²) in [4.78, 5) is 24.4. The fraction of sp³-hybridized carbons (Fsp3) is 0.294. The molecule has 0 spiro atoms. The third-order valence-corrected chi connectivity index (χ3v) is 4.22. The fourth-order valence-corrected chi connectivity index (χ4v) is 2.69. The van der Waals surface area contributed by atoms with Gasteiger partial charge in [-0.1, -0.05) is 18.2 Å². The Balaban J connectivity index is 1.73. The van der Waals surface area contributed by atoms with E-state index in [9.17, 15) is 18.4 Å². The second kappa shape index (κ2) is 9.12. The Bertz CT molecular complexity index is 690. The molecule has 0 aliphatic carbocycles. The first-order valence-electron chi connectivity index (χ1n) is 7.61. The second-order valence-corrected chi connectivity index (χ2v) is 6.18. The van der Waals surface area contributed by atoms with E-state index in [0.717, 1.165) is 5.56 Å². The quantitative estimate of drug-likeness (QED) is 0.753. The maximum Gasteiger partial charge on any atom is 0.387 e. The Hall–Kier alpha value is -2.48. The summed E-state index contributed by atoms with van der Waals surface area (Å²) < 4.78 is 28.4. The van der Waals surface area contributed by atoms with Gasteiger partial charge >= 0.3 is 6.61 Å². The molecule has 1 unspecified atom stereocenters. The molecule has 25 heavy (non-hydrogen) atoms. The normalized spacial score (nSPS) is 11.8. The lowest BCUT2D eigenvalue weighted by Crippen LogP contribution is -2.45. The molecular formula is C17H18F2N2O3S. The van der Waals surface area contributed by atoms with E-state index in [1.807, 2.05) is 0 Å². The first-order valence-corrected chi connectivity index (χ1v) is 8.49. The largest absolute Gasteiger partial charge is 0.435 e. The van der Waals surface area contributed by atoms with Crippen molar-refractivity contribution in [1.29, 1.82) is 0 Å². The third-order valence-electron chi connectivity index (χ3n) is 3.35. The highest BCUT2D eigenvalue weighted by atomic mass is 32.1. The minimum atomic E-state index is -2.85. The van der Waals surface area contributed by atoms with Crippen molar-refractivity contribution in [3.8, 4) is 5.75 Å². The van der Waals surface area contributed by atoms with E-state index in [1.54, 1.807) is 36.6 Å². The molecule has 2 N–H and O–H groups in total. The van der Waals surface area contributed by atoms with Crippen LogP contribution in [0.1, 0.15) is 22.2 Å². The van der Waals surface area contributed by atoms with Crippen LogP contribution in [0.4, 0.5) is 8.78 Å². The number of ether oxygens (including phenoxy) is 1. The smallest absolute Gasteiger partial charge is 0.387 e. The summed E-state index contributed by atoms with van der Waals surface area (Å²) in [6.45, 7) is -0.874. The van der Waals surface area contributed by atoms with Gasteiger partial charge in [-0.2, -0.15) is 8.78 Å². The van der Waals surface area contributed by atoms with Crippen LogP contribution >= 0.6 is 11.3 Å². The molecule has 0 aliphatic rings. The molecular weight excluding hydrogens is 350 g/mol. The Kier molecular flexibility index (Phi) is 6.88. The van der Waals surface area contributed by atoms with Gasteiger partial charge in [-0.15, -0.1) is 11.3 Å². The molecule has 5 nitrogen and oxygen atoms in total. The zero-order chi connectivity index (χ0) is 18.2. The number of carbonyl (C=O) groups excluding carboxylic acids is 2. The first kappa shape index (κ1) is 18.9. The summed E-state index contributed by atoms with van der Waals surface area (Å²) in [5, 5.41) is 7.14. The van der Waals surface area contributed by atoms with Gasteiger partial charge in [0.05, 0.1) is 4.88 Å². The maximum absolute atomic E-state index is 12.1. The van der Waals surface area contributed by atoms with Gasteiger partial charge in [0.15, 0.2) is 0 Å². The molecule has 0 fully saturated rings. The number of benzene rings is 1. The molecule has 1 aromatic carbocycles. The Morgan fingerprint density at radius 1 is 1.20 bits per heavy atom. The second-order valence-electron chi connectivity index (χ2n) is 5.24. The third kappa shape index (κ3) is 6.15. The molecule has 2 aromatic rings. The molecule has 0 bridgehead atoms. The molecule has 8 heteroatoms. The van der Waals surface area contributed by atoms with Crippen LogP contribution in [0.2, 0.25) is 0 Å². The van der Waals surface area contributed by atoms with Crippen LogP contribution in [0.25, 0.3) is 0 Å². The average molecular weight is 368 g/mol. The number of hydrogen-bond acceptors (Lipinski definition) is 4. The summed E-state index contributed by atoms with van der Waals surface area (Å²) in [6, 6.07) is 9.02. The number of carbonyl (C=O) groups is 2. The molecule has 0 aliphatic heterocycles. The Morgan fingerprint density at radius 3 is 2.52 bits per heavy atom. The molecule has 0 radical (unpaired) electrons. The van der Waals surface area contributed by atoms with Gasteiger partial charge in [-0.25, -0.2) is 0 Å². The minimum Gasteiger partial charge on any atom is -0.435 e. The predicted octanol–water partition coefficient (Wildman–Crippen LogP) is 2.83. The van der Waals surface area contributed by atoms with Crippen molar-refractivity contribution in [2.24, 2.45) is 0 Å². The fourth-order valence-electron chi connectivity index (χ4n) is 2.06. The average Bonchev–Trinajstić information content (AvgIpc) is 3.10. The van der Waals surface area contributed by atoms with Gasteiger partial charge in [0, 0.05) is 6.54 Å². The Morgan fingerprint density at radius 2 is 1.92 bits per heavy atom. The van der Waals surface area contributed by atoms with Gasteiger partial charge in [-0.05, 0) is 42.5 Å². The standard InChI is InChI=1S/C17H18F2N2O3S/c1-11(21-16(23)14-3-2-10-25-14)15(22)20-9-8-12-4-6-13(7-5-12)24-17(18)19/h2-7,10-11,17H,8-9H2,1H3,(H,20,22)(H,21,23). The molecule has 2 rings (SSSR count). The van der Waals surface area contributed by atoms with Crippen molar-refractivity contribution in [1.82, 2.24) is 10.6 Å². The number of amides is 2. The molecule has 0 saturated heterocycles. The molecule has 1 atom stereocenters. The zero-order valence-corrected chi connectivity index (χ0v) is 14.3. The summed E-state index contributed by atoms with van der Waals surface area (Å²) in [6.07, 6.45) is 0.534. The summed E-state index contributed by atoms with van der Waals surface area (Å²) in [5.41, 5.74) is 0.872. The van der Waals surface area contributed by atoms with E-state index in [1.165, 1.54) is 23.5 Å². The van der Waals surface area contributed by atoms with Crippen LogP contribution in [0.15, 0.2) is 41.8 Å². The van der Waals surface area contributed by atoms with Crippen LogP contribution in [0, 0.1) is 0 Å². The summed E-state index contributed by atoms with van der Waals surface area (Å²) in [5.74, 6) is -0.484. The van der Waals surface area contributed by atoms with E-state index >= 15 is 0 Å². The van der Waals surface area contributed by atoms with E-state index in [2.05, 4.69) is 15.4 Å². The van der Waals surface area contributed by atoms with E-state index in [0.29, 0.717) is 17.8 Å². The highest BCUT2D eigenvalue weighted by Gasteiger charge is 2.16. The van der Waals surface area contributed by atoms with E-state index < -0.39 is 12.7 Å². The lowest BCUT2D eigenvalue weighted by Gasteiger charge is -2.13. The number of nitrogens with one attached hydrogen (secondary N) is 2. The number of alkyl halides is 2. The van der Waals surface area contributed by atoms with Crippen molar-refractivity contribution in [2.45, 2.75) is 26.0 Å². The molecule has 2 amide bonds. The van der Waals surface area contributed by atoms with Crippen molar-refractivity contribution in [3.63, 3.8) is 0 Å². The minimum absolute atomic E-state index is 0.0905. The van der Waals surface area contributed by atoms with Gasteiger partial charge < -0.3 is 15.4 Å². The predicted molar refractivity (Wildman–Crippen MR) is 91.0 cm³/mol. The topological polar surface area (TPSA) is 67.4 Å². The van der Waals surface area contributed by atoms with Gasteiger partial charge in [0.25, 0.3) is 5.91 Å². The highest BCUT2D eigenvalue weighted by Crippen LogP contribution is 2.15.